The maximum absolute atomic E-state index is 13.2. The highest BCUT2D eigenvalue weighted by Crippen LogP contribution is 2.40. The molecule has 0 amide bonds. The number of Topliss-reactive ketones (excluding diaryl/α,β-unsaturated/α-hetero) is 2. The molecule has 1 aliphatic heterocycles. The molecular weight excluding hydrogens is 336 g/mol. The first-order valence-corrected chi connectivity index (χ1v) is 11.0. The van der Waals surface area contributed by atoms with Crippen molar-refractivity contribution < 1.29 is 14.3 Å². The first kappa shape index (κ1) is 20.1. The molecular formula is C24H34O3. The van der Waals surface area contributed by atoms with Crippen LogP contribution in [0.15, 0.2) is 24.3 Å². The number of benzene rings is 1. The number of fused-ring (bicyclic) bond motifs is 1. The van der Waals surface area contributed by atoms with Crippen molar-refractivity contribution in [2.24, 2.45) is 11.8 Å². The Bertz CT molecular complexity index is 630. The molecule has 1 heterocycles. The molecule has 3 rings (SSSR count). The first-order valence-electron chi connectivity index (χ1n) is 11.0. The van der Waals surface area contributed by atoms with Gasteiger partial charge in [0.15, 0.2) is 5.78 Å². The molecule has 2 aliphatic rings. The molecule has 3 heteroatoms. The molecule has 27 heavy (non-hydrogen) atoms. The Morgan fingerprint density at radius 2 is 1.81 bits per heavy atom. The Hall–Kier alpha value is -1.64. The summed E-state index contributed by atoms with van der Waals surface area (Å²) in [7, 11) is 0. The van der Waals surface area contributed by atoms with E-state index in [9.17, 15) is 9.59 Å². The van der Waals surface area contributed by atoms with Crippen molar-refractivity contribution >= 4 is 11.6 Å². The minimum atomic E-state index is -0.164. The molecule has 3 nitrogen and oxygen atoms in total. The zero-order valence-electron chi connectivity index (χ0n) is 16.8. The molecule has 0 radical (unpaired) electrons. The number of hydrogen-bond donors (Lipinski definition) is 0. The quantitative estimate of drug-likeness (QED) is 0.490. The predicted molar refractivity (Wildman–Crippen MR) is 108 cm³/mol. The SMILES string of the molecule is CCCCCCC(=O)CCC1C(=O)c2ccccc2OC1C1CCCCC1. The zero-order valence-corrected chi connectivity index (χ0v) is 16.8. The second-order valence-corrected chi connectivity index (χ2v) is 8.34. The van der Waals surface area contributed by atoms with Gasteiger partial charge in [0.1, 0.15) is 17.6 Å². The summed E-state index contributed by atoms with van der Waals surface area (Å²) in [5.41, 5.74) is 0.699. The van der Waals surface area contributed by atoms with Gasteiger partial charge in [-0.15, -0.1) is 0 Å². The summed E-state index contributed by atoms with van der Waals surface area (Å²) in [4.78, 5) is 25.5. The van der Waals surface area contributed by atoms with Gasteiger partial charge in [0.2, 0.25) is 0 Å². The fourth-order valence-electron chi connectivity index (χ4n) is 4.72. The Labute approximate surface area is 163 Å². The lowest BCUT2D eigenvalue weighted by atomic mass is 9.75. The Morgan fingerprint density at radius 3 is 2.59 bits per heavy atom. The van der Waals surface area contributed by atoms with Gasteiger partial charge in [0.05, 0.1) is 11.5 Å². The van der Waals surface area contributed by atoms with Crippen LogP contribution in [-0.2, 0) is 4.79 Å². The molecule has 1 aliphatic carbocycles. The van der Waals surface area contributed by atoms with Gasteiger partial charge in [0.25, 0.3) is 0 Å². The minimum Gasteiger partial charge on any atom is -0.489 e. The largest absolute Gasteiger partial charge is 0.489 e. The van der Waals surface area contributed by atoms with E-state index in [0.717, 1.165) is 31.4 Å². The maximum Gasteiger partial charge on any atom is 0.173 e. The van der Waals surface area contributed by atoms with Crippen molar-refractivity contribution in [3.05, 3.63) is 29.8 Å². The molecule has 0 N–H and O–H groups in total. The minimum absolute atomic E-state index is 0.0550. The third-order valence-corrected chi connectivity index (χ3v) is 6.31. The summed E-state index contributed by atoms with van der Waals surface area (Å²) >= 11 is 0. The topological polar surface area (TPSA) is 43.4 Å². The highest BCUT2D eigenvalue weighted by Gasteiger charge is 2.41. The molecule has 148 valence electrons. The summed E-state index contributed by atoms with van der Waals surface area (Å²) in [6.45, 7) is 2.18. The third-order valence-electron chi connectivity index (χ3n) is 6.31. The number of hydrogen-bond acceptors (Lipinski definition) is 3. The number of carbonyl (C=O) groups is 2. The molecule has 0 spiro atoms. The van der Waals surface area contributed by atoms with E-state index in [1.807, 2.05) is 24.3 Å². The average Bonchev–Trinajstić information content (AvgIpc) is 2.71. The van der Waals surface area contributed by atoms with Gasteiger partial charge in [-0.05, 0) is 43.7 Å². The molecule has 1 aromatic rings. The van der Waals surface area contributed by atoms with E-state index in [-0.39, 0.29) is 17.8 Å². The van der Waals surface area contributed by atoms with E-state index >= 15 is 0 Å². The van der Waals surface area contributed by atoms with Gasteiger partial charge in [-0.2, -0.15) is 0 Å². The van der Waals surface area contributed by atoms with Crippen molar-refractivity contribution in [3.8, 4) is 5.75 Å². The van der Waals surface area contributed by atoms with Gasteiger partial charge in [-0.3, -0.25) is 9.59 Å². The lowest BCUT2D eigenvalue weighted by molar-refractivity contribution is -0.119. The van der Waals surface area contributed by atoms with Crippen LogP contribution in [0.5, 0.6) is 5.75 Å². The second kappa shape index (κ2) is 10.1. The van der Waals surface area contributed by atoms with Gasteiger partial charge in [0, 0.05) is 12.8 Å². The van der Waals surface area contributed by atoms with Crippen molar-refractivity contribution in [1.82, 2.24) is 0 Å². The highest BCUT2D eigenvalue weighted by atomic mass is 16.5. The summed E-state index contributed by atoms with van der Waals surface area (Å²) in [5, 5.41) is 0. The van der Waals surface area contributed by atoms with Crippen LogP contribution < -0.4 is 4.74 Å². The Balaban J connectivity index is 1.65. The summed E-state index contributed by atoms with van der Waals surface area (Å²) in [6, 6.07) is 7.62. The van der Waals surface area contributed by atoms with Crippen LogP contribution in [0, 0.1) is 11.8 Å². The van der Waals surface area contributed by atoms with Crippen molar-refractivity contribution in [2.75, 3.05) is 0 Å². The van der Waals surface area contributed by atoms with Crippen LogP contribution >= 0.6 is 0 Å². The average molecular weight is 371 g/mol. The molecule has 1 fully saturated rings. The predicted octanol–water partition coefficient (Wildman–Crippen LogP) is 6.15. The van der Waals surface area contributed by atoms with E-state index in [2.05, 4.69) is 6.92 Å². The monoisotopic (exact) mass is 370 g/mol. The van der Waals surface area contributed by atoms with E-state index < -0.39 is 0 Å². The van der Waals surface area contributed by atoms with E-state index in [1.165, 1.54) is 32.1 Å². The van der Waals surface area contributed by atoms with E-state index in [0.29, 0.717) is 36.5 Å². The molecule has 1 saturated carbocycles. The molecule has 1 aromatic carbocycles. The number of para-hydroxylation sites is 1. The Morgan fingerprint density at radius 1 is 1.04 bits per heavy atom. The van der Waals surface area contributed by atoms with Gasteiger partial charge >= 0.3 is 0 Å². The van der Waals surface area contributed by atoms with Crippen molar-refractivity contribution in [3.63, 3.8) is 0 Å². The van der Waals surface area contributed by atoms with Crippen LogP contribution in [0.4, 0.5) is 0 Å². The maximum atomic E-state index is 13.2. The van der Waals surface area contributed by atoms with Crippen LogP contribution in [0.1, 0.15) is 94.3 Å². The lowest BCUT2D eigenvalue weighted by Gasteiger charge is -2.39. The second-order valence-electron chi connectivity index (χ2n) is 8.34. The number of rotatable bonds is 9. The van der Waals surface area contributed by atoms with Gasteiger partial charge in [-0.1, -0.05) is 57.6 Å². The molecule has 0 saturated heterocycles. The molecule has 0 bridgehead atoms. The fourth-order valence-corrected chi connectivity index (χ4v) is 4.72. The fraction of sp³-hybridized carbons (Fsp3) is 0.667. The van der Waals surface area contributed by atoms with E-state index in [1.54, 1.807) is 0 Å². The highest BCUT2D eigenvalue weighted by molar-refractivity contribution is 6.01. The lowest BCUT2D eigenvalue weighted by Crippen LogP contribution is -2.43. The van der Waals surface area contributed by atoms with Crippen LogP contribution in [0.2, 0.25) is 0 Å². The third kappa shape index (κ3) is 5.21. The molecule has 2 atom stereocenters. The molecule has 2 unspecified atom stereocenters. The normalized spacial score (nSPS) is 22.9. The van der Waals surface area contributed by atoms with Crippen LogP contribution in [0.3, 0.4) is 0 Å². The standard InChI is InChI=1S/C24H34O3/c1-2-3-4-8-13-19(25)16-17-21-23(26)20-14-9-10-15-22(20)27-24(21)18-11-6-5-7-12-18/h9-10,14-15,18,21,24H,2-8,11-13,16-17H2,1H3. The summed E-state index contributed by atoms with van der Waals surface area (Å²) < 4.78 is 6.37. The smallest absolute Gasteiger partial charge is 0.173 e. The van der Waals surface area contributed by atoms with Crippen LogP contribution in [0.25, 0.3) is 0 Å². The number of carbonyl (C=O) groups excluding carboxylic acids is 2. The number of ether oxygens (including phenoxy) is 1. The van der Waals surface area contributed by atoms with Crippen LogP contribution in [-0.4, -0.2) is 17.7 Å². The number of unbranched alkanes of at least 4 members (excludes halogenated alkanes) is 3. The first-order chi connectivity index (χ1) is 13.2. The van der Waals surface area contributed by atoms with Crippen molar-refractivity contribution in [1.29, 1.82) is 0 Å². The molecule has 0 aromatic heterocycles. The van der Waals surface area contributed by atoms with Crippen molar-refractivity contribution in [2.45, 2.75) is 90.1 Å². The Kier molecular flexibility index (Phi) is 7.49. The summed E-state index contributed by atoms with van der Waals surface area (Å²) in [5.74, 6) is 1.51. The summed E-state index contributed by atoms with van der Waals surface area (Å²) in [6.07, 6.45) is 12.3. The van der Waals surface area contributed by atoms with Gasteiger partial charge in [-0.25, -0.2) is 0 Å². The number of ketones is 2. The zero-order chi connectivity index (χ0) is 19.1. The van der Waals surface area contributed by atoms with Gasteiger partial charge < -0.3 is 4.74 Å². The van der Waals surface area contributed by atoms with E-state index in [4.69, 9.17) is 4.74 Å².